The number of carbonyl (C=O) groups is 1. The molecule has 0 radical (unpaired) electrons. The first-order valence-electron chi connectivity index (χ1n) is 5.24. The van der Waals surface area contributed by atoms with E-state index >= 15 is 0 Å². The van der Waals surface area contributed by atoms with Gasteiger partial charge >= 0.3 is 6.09 Å². The lowest BCUT2D eigenvalue weighted by Gasteiger charge is -2.21. The number of aliphatic hydroxyl groups is 1. The van der Waals surface area contributed by atoms with E-state index in [1.54, 1.807) is 0 Å². The minimum absolute atomic E-state index is 0.0810. The minimum Gasteiger partial charge on any atom is -0.444 e. The Hall–Kier alpha value is -0.810. The highest BCUT2D eigenvalue weighted by molar-refractivity contribution is 5.67. The zero-order valence-electron chi connectivity index (χ0n) is 9.54. The molecule has 0 saturated carbocycles. The summed E-state index contributed by atoms with van der Waals surface area (Å²) in [5, 5.41) is 15.2. The van der Waals surface area contributed by atoms with Crippen molar-refractivity contribution < 1.29 is 14.6 Å². The molecule has 1 fully saturated rings. The molecule has 2 atom stereocenters. The van der Waals surface area contributed by atoms with E-state index in [9.17, 15) is 9.90 Å². The maximum absolute atomic E-state index is 11.3. The Morgan fingerprint density at radius 1 is 1.53 bits per heavy atom. The number of amides is 1. The minimum atomic E-state index is -0.476. The molecule has 1 amide bonds. The van der Waals surface area contributed by atoms with Gasteiger partial charge in [-0.05, 0) is 20.8 Å². The van der Waals surface area contributed by atoms with E-state index in [2.05, 4.69) is 10.6 Å². The van der Waals surface area contributed by atoms with Crippen molar-refractivity contribution in [2.24, 2.45) is 5.92 Å². The molecule has 0 spiro atoms. The van der Waals surface area contributed by atoms with E-state index in [-0.39, 0.29) is 12.0 Å². The molecule has 0 bridgehead atoms. The van der Waals surface area contributed by atoms with Crippen LogP contribution in [0.1, 0.15) is 20.8 Å². The van der Waals surface area contributed by atoms with E-state index in [0.717, 1.165) is 6.54 Å². The molecule has 2 unspecified atom stereocenters. The van der Waals surface area contributed by atoms with Gasteiger partial charge in [0.25, 0.3) is 0 Å². The SMILES string of the molecule is CC(C)(C)OC(=O)NCC1CNCC1O. The third kappa shape index (κ3) is 4.48. The molecule has 5 heteroatoms. The highest BCUT2D eigenvalue weighted by Crippen LogP contribution is 2.09. The number of carbonyl (C=O) groups excluding carboxylic acids is 1. The van der Waals surface area contributed by atoms with Crippen LogP contribution in [0.2, 0.25) is 0 Å². The highest BCUT2D eigenvalue weighted by Gasteiger charge is 2.25. The maximum Gasteiger partial charge on any atom is 0.407 e. The first-order valence-corrected chi connectivity index (χ1v) is 5.24. The summed E-state index contributed by atoms with van der Waals surface area (Å²) in [7, 11) is 0. The summed E-state index contributed by atoms with van der Waals surface area (Å²) in [6, 6.07) is 0. The van der Waals surface area contributed by atoms with Gasteiger partial charge in [-0.2, -0.15) is 0 Å². The summed E-state index contributed by atoms with van der Waals surface area (Å²) in [6.07, 6.45) is -0.804. The molecular weight excluding hydrogens is 196 g/mol. The third-order valence-electron chi connectivity index (χ3n) is 2.21. The van der Waals surface area contributed by atoms with E-state index in [4.69, 9.17) is 4.74 Å². The fourth-order valence-corrected chi connectivity index (χ4v) is 1.46. The molecule has 1 saturated heterocycles. The molecule has 1 heterocycles. The molecule has 15 heavy (non-hydrogen) atoms. The smallest absolute Gasteiger partial charge is 0.407 e. The summed E-state index contributed by atoms with van der Waals surface area (Å²) in [4.78, 5) is 11.3. The Kier molecular flexibility index (Phi) is 3.93. The van der Waals surface area contributed by atoms with Gasteiger partial charge in [0.05, 0.1) is 6.10 Å². The van der Waals surface area contributed by atoms with Crippen molar-refractivity contribution in [3.63, 3.8) is 0 Å². The van der Waals surface area contributed by atoms with Crippen LogP contribution in [0.3, 0.4) is 0 Å². The fourth-order valence-electron chi connectivity index (χ4n) is 1.46. The predicted molar refractivity (Wildman–Crippen MR) is 56.6 cm³/mol. The van der Waals surface area contributed by atoms with Gasteiger partial charge in [0.2, 0.25) is 0 Å². The number of ether oxygens (including phenoxy) is 1. The van der Waals surface area contributed by atoms with Crippen LogP contribution >= 0.6 is 0 Å². The topological polar surface area (TPSA) is 70.6 Å². The monoisotopic (exact) mass is 216 g/mol. The van der Waals surface area contributed by atoms with Crippen molar-refractivity contribution in [1.29, 1.82) is 0 Å². The quantitative estimate of drug-likeness (QED) is 0.612. The van der Waals surface area contributed by atoms with Crippen LogP contribution in [-0.4, -0.2) is 42.5 Å². The van der Waals surface area contributed by atoms with Crippen LogP contribution in [0.15, 0.2) is 0 Å². The molecular formula is C10H20N2O3. The second-order valence-electron chi connectivity index (χ2n) is 4.87. The standard InChI is InChI=1S/C10H20N2O3/c1-10(2,3)15-9(14)12-5-7-4-11-6-8(7)13/h7-8,11,13H,4-6H2,1-3H3,(H,12,14). The molecule has 3 N–H and O–H groups in total. The van der Waals surface area contributed by atoms with Crippen LogP contribution < -0.4 is 10.6 Å². The first-order chi connectivity index (χ1) is 6.88. The van der Waals surface area contributed by atoms with Gasteiger partial charge in [0.15, 0.2) is 0 Å². The average molecular weight is 216 g/mol. The Morgan fingerprint density at radius 2 is 2.20 bits per heavy atom. The number of alkyl carbamates (subject to hydrolysis) is 1. The zero-order valence-corrected chi connectivity index (χ0v) is 9.54. The second-order valence-corrected chi connectivity index (χ2v) is 4.87. The van der Waals surface area contributed by atoms with Gasteiger partial charge < -0.3 is 20.5 Å². The van der Waals surface area contributed by atoms with Gasteiger partial charge in [0, 0.05) is 25.6 Å². The summed E-state index contributed by atoms with van der Waals surface area (Å²) in [5.74, 6) is 0.0810. The van der Waals surface area contributed by atoms with Crippen LogP contribution in [0.25, 0.3) is 0 Å². The maximum atomic E-state index is 11.3. The van der Waals surface area contributed by atoms with Crippen LogP contribution in [0.4, 0.5) is 4.79 Å². The second kappa shape index (κ2) is 4.81. The molecule has 5 nitrogen and oxygen atoms in total. The van der Waals surface area contributed by atoms with Crippen molar-refractivity contribution in [3.05, 3.63) is 0 Å². The molecule has 0 aliphatic carbocycles. The largest absolute Gasteiger partial charge is 0.444 e. The number of β-amino-alcohol motifs (C(OH)–C–C–N with tert-alkyl or cyclic N) is 1. The summed E-state index contributed by atoms with van der Waals surface area (Å²) < 4.78 is 5.08. The number of hydrogen-bond donors (Lipinski definition) is 3. The molecule has 0 aromatic rings. The van der Waals surface area contributed by atoms with Crippen molar-refractivity contribution in [3.8, 4) is 0 Å². The lowest BCUT2D eigenvalue weighted by molar-refractivity contribution is 0.0505. The Balaban J connectivity index is 2.22. The van der Waals surface area contributed by atoms with Crippen LogP contribution in [0.5, 0.6) is 0 Å². The predicted octanol–water partition coefficient (Wildman–Crippen LogP) is 0.0914. The molecule has 1 rings (SSSR count). The fraction of sp³-hybridized carbons (Fsp3) is 0.900. The summed E-state index contributed by atoms with van der Waals surface area (Å²) in [5.41, 5.74) is -0.476. The average Bonchev–Trinajstić information content (AvgIpc) is 2.44. The highest BCUT2D eigenvalue weighted by atomic mass is 16.6. The van der Waals surface area contributed by atoms with E-state index in [0.29, 0.717) is 13.1 Å². The van der Waals surface area contributed by atoms with Crippen LogP contribution in [0, 0.1) is 5.92 Å². The van der Waals surface area contributed by atoms with Crippen molar-refractivity contribution in [2.75, 3.05) is 19.6 Å². The Bertz CT molecular complexity index is 225. The van der Waals surface area contributed by atoms with Crippen molar-refractivity contribution >= 4 is 6.09 Å². The lowest BCUT2D eigenvalue weighted by atomic mass is 10.1. The normalized spacial score (nSPS) is 26.4. The van der Waals surface area contributed by atoms with Gasteiger partial charge in [-0.1, -0.05) is 0 Å². The van der Waals surface area contributed by atoms with Crippen molar-refractivity contribution in [2.45, 2.75) is 32.5 Å². The number of hydrogen-bond acceptors (Lipinski definition) is 4. The van der Waals surface area contributed by atoms with Crippen molar-refractivity contribution in [1.82, 2.24) is 10.6 Å². The molecule has 88 valence electrons. The van der Waals surface area contributed by atoms with E-state index < -0.39 is 11.7 Å². The third-order valence-corrected chi connectivity index (χ3v) is 2.21. The molecule has 0 aromatic carbocycles. The van der Waals surface area contributed by atoms with E-state index in [1.165, 1.54) is 0 Å². The Morgan fingerprint density at radius 3 is 2.67 bits per heavy atom. The number of aliphatic hydroxyl groups excluding tert-OH is 1. The van der Waals surface area contributed by atoms with Gasteiger partial charge in [-0.3, -0.25) is 0 Å². The molecule has 1 aliphatic heterocycles. The lowest BCUT2D eigenvalue weighted by Crippen LogP contribution is -2.38. The summed E-state index contributed by atoms with van der Waals surface area (Å²) in [6.45, 7) is 7.23. The zero-order chi connectivity index (χ0) is 11.5. The first kappa shape index (κ1) is 12.3. The van der Waals surface area contributed by atoms with Gasteiger partial charge in [0.1, 0.15) is 5.60 Å². The van der Waals surface area contributed by atoms with Gasteiger partial charge in [-0.15, -0.1) is 0 Å². The molecule has 1 aliphatic rings. The summed E-state index contributed by atoms with van der Waals surface area (Å²) >= 11 is 0. The van der Waals surface area contributed by atoms with E-state index in [1.807, 2.05) is 20.8 Å². The number of rotatable bonds is 2. The molecule has 0 aromatic heterocycles. The van der Waals surface area contributed by atoms with Gasteiger partial charge in [-0.25, -0.2) is 4.79 Å². The van der Waals surface area contributed by atoms with Crippen LogP contribution in [-0.2, 0) is 4.74 Å². The Labute approximate surface area is 90.2 Å². The number of nitrogens with one attached hydrogen (secondary N) is 2.